The van der Waals surface area contributed by atoms with Gasteiger partial charge in [0.05, 0.1) is 12.3 Å². The van der Waals surface area contributed by atoms with Crippen LogP contribution in [-0.2, 0) is 9.57 Å². The molecule has 0 amide bonds. The normalized spacial score (nSPS) is 11.4. The van der Waals surface area contributed by atoms with Crippen LogP contribution in [0, 0.1) is 0 Å². The second-order valence-corrected chi connectivity index (χ2v) is 3.99. The second-order valence-electron chi connectivity index (χ2n) is 3.99. The Kier molecular flexibility index (Phi) is 10.7. The highest BCUT2D eigenvalue weighted by Gasteiger charge is 2.02. The molecule has 5 heteroatoms. The lowest BCUT2D eigenvalue weighted by Crippen LogP contribution is -2.12. The molecule has 0 bridgehead atoms. The first-order valence-corrected chi connectivity index (χ1v) is 6.28. The van der Waals surface area contributed by atoms with Crippen LogP contribution < -0.4 is 5.73 Å². The van der Waals surface area contributed by atoms with Crippen molar-refractivity contribution in [1.82, 2.24) is 0 Å². The van der Waals surface area contributed by atoms with Crippen LogP contribution in [-0.4, -0.2) is 25.0 Å². The molecular weight excluding hydrogens is 220 g/mol. The summed E-state index contributed by atoms with van der Waals surface area (Å²) in [6, 6.07) is 0. The molecule has 0 aromatic heterocycles. The van der Waals surface area contributed by atoms with Gasteiger partial charge in [-0.2, -0.15) is 0 Å². The highest BCUT2D eigenvalue weighted by atomic mass is 16.8. The lowest BCUT2D eigenvalue weighted by atomic mass is 10.1. The molecule has 0 saturated carbocycles. The molecule has 0 rings (SSSR count). The molecule has 0 unspecified atom stereocenters. The fourth-order valence-electron chi connectivity index (χ4n) is 1.22. The van der Waals surface area contributed by atoms with Crippen LogP contribution in [0.3, 0.4) is 0 Å². The minimum Gasteiger partial charge on any atom is -0.433 e. The Morgan fingerprint density at radius 1 is 1.18 bits per heavy atom. The number of oxime groups is 1. The van der Waals surface area contributed by atoms with Crippen molar-refractivity contribution in [3.63, 3.8) is 0 Å². The number of rotatable bonds is 9. The average Bonchev–Trinajstić information content (AvgIpc) is 2.34. The van der Waals surface area contributed by atoms with Crippen LogP contribution in [0.1, 0.15) is 52.4 Å². The average molecular weight is 244 g/mol. The van der Waals surface area contributed by atoms with Crippen molar-refractivity contribution in [1.29, 1.82) is 0 Å². The van der Waals surface area contributed by atoms with Crippen LogP contribution in [0.2, 0.25) is 0 Å². The summed E-state index contributed by atoms with van der Waals surface area (Å²) in [5.74, 6) is 0. The molecule has 100 valence electrons. The zero-order valence-electron chi connectivity index (χ0n) is 10.9. The standard InChI is InChI=1S/C12H24N2O3/c1-3-4-5-6-7-8-9-16-12(15)17-14-11(2)10-13/h3-10,13H2,1-2H3/b14-11+. The number of nitrogens with two attached hydrogens (primary N) is 1. The molecule has 0 aromatic carbocycles. The fourth-order valence-corrected chi connectivity index (χ4v) is 1.22. The van der Waals surface area contributed by atoms with E-state index in [1.54, 1.807) is 6.92 Å². The Morgan fingerprint density at radius 2 is 1.82 bits per heavy atom. The number of carbonyl (C=O) groups excluding carboxylic acids is 1. The highest BCUT2D eigenvalue weighted by Crippen LogP contribution is 2.05. The van der Waals surface area contributed by atoms with E-state index in [1.807, 2.05) is 0 Å². The molecule has 0 saturated heterocycles. The van der Waals surface area contributed by atoms with Crippen LogP contribution in [0.25, 0.3) is 0 Å². The van der Waals surface area contributed by atoms with Crippen molar-refractivity contribution in [3.8, 4) is 0 Å². The van der Waals surface area contributed by atoms with Crippen LogP contribution in [0.4, 0.5) is 4.79 Å². The maximum Gasteiger partial charge on any atom is 0.535 e. The van der Waals surface area contributed by atoms with Gasteiger partial charge in [-0.3, -0.25) is 4.84 Å². The molecule has 5 nitrogen and oxygen atoms in total. The third-order valence-corrected chi connectivity index (χ3v) is 2.29. The summed E-state index contributed by atoms with van der Waals surface area (Å²) < 4.78 is 4.83. The molecule has 0 fully saturated rings. The molecule has 0 radical (unpaired) electrons. The summed E-state index contributed by atoms with van der Waals surface area (Å²) in [4.78, 5) is 15.5. The predicted octanol–water partition coefficient (Wildman–Crippen LogP) is 2.83. The number of unbranched alkanes of at least 4 members (excludes halogenated alkanes) is 5. The largest absolute Gasteiger partial charge is 0.535 e. The van der Waals surface area contributed by atoms with Gasteiger partial charge in [0, 0.05) is 6.54 Å². The van der Waals surface area contributed by atoms with Gasteiger partial charge in [-0.05, 0) is 13.3 Å². The van der Waals surface area contributed by atoms with Gasteiger partial charge in [0.25, 0.3) is 0 Å². The molecule has 0 spiro atoms. The van der Waals surface area contributed by atoms with Gasteiger partial charge in [-0.1, -0.05) is 44.2 Å². The summed E-state index contributed by atoms with van der Waals surface area (Å²) in [6.45, 7) is 4.52. The van der Waals surface area contributed by atoms with Crippen LogP contribution >= 0.6 is 0 Å². The van der Waals surface area contributed by atoms with Crippen LogP contribution in [0.5, 0.6) is 0 Å². The number of ether oxygens (including phenoxy) is 1. The van der Waals surface area contributed by atoms with Crippen LogP contribution in [0.15, 0.2) is 5.16 Å². The van der Waals surface area contributed by atoms with Gasteiger partial charge in [0.1, 0.15) is 0 Å². The maximum atomic E-state index is 11.0. The van der Waals surface area contributed by atoms with E-state index in [0.29, 0.717) is 12.3 Å². The minimum absolute atomic E-state index is 0.269. The molecule has 0 aliphatic rings. The van der Waals surface area contributed by atoms with E-state index >= 15 is 0 Å². The predicted molar refractivity (Wildman–Crippen MR) is 68.0 cm³/mol. The number of nitrogens with zero attached hydrogens (tertiary/aromatic N) is 1. The monoisotopic (exact) mass is 244 g/mol. The lowest BCUT2D eigenvalue weighted by molar-refractivity contribution is 0.0560. The Hall–Kier alpha value is -1.10. The van der Waals surface area contributed by atoms with E-state index in [0.717, 1.165) is 12.8 Å². The molecule has 17 heavy (non-hydrogen) atoms. The van der Waals surface area contributed by atoms with Gasteiger partial charge in [-0.15, -0.1) is 0 Å². The molecule has 0 aliphatic heterocycles. The minimum atomic E-state index is -0.758. The quantitative estimate of drug-likeness (QED) is 0.222. The van der Waals surface area contributed by atoms with E-state index in [2.05, 4.69) is 16.9 Å². The van der Waals surface area contributed by atoms with Gasteiger partial charge in [0.15, 0.2) is 0 Å². The summed E-state index contributed by atoms with van der Waals surface area (Å²) >= 11 is 0. The topological polar surface area (TPSA) is 73.9 Å². The maximum absolute atomic E-state index is 11.0. The smallest absolute Gasteiger partial charge is 0.433 e. The second kappa shape index (κ2) is 11.4. The van der Waals surface area contributed by atoms with E-state index in [1.165, 1.54) is 25.7 Å². The lowest BCUT2D eigenvalue weighted by Gasteiger charge is -2.02. The number of hydrogen-bond donors (Lipinski definition) is 1. The van der Waals surface area contributed by atoms with Crippen molar-refractivity contribution < 1.29 is 14.4 Å². The fraction of sp³-hybridized carbons (Fsp3) is 0.833. The Morgan fingerprint density at radius 3 is 2.47 bits per heavy atom. The van der Waals surface area contributed by atoms with E-state index in [4.69, 9.17) is 10.5 Å². The van der Waals surface area contributed by atoms with Crippen molar-refractivity contribution in [2.45, 2.75) is 52.4 Å². The summed E-state index contributed by atoms with van der Waals surface area (Å²) in [6.07, 6.45) is 6.15. The molecule has 2 N–H and O–H groups in total. The van der Waals surface area contributed by atoms with E-state index < -0.39 is 6.16 Å². The SMILES string of the molecule is CCCCCCCCOC(=O)O/N=C(\C)CN. The summed E-state index contributed by atoms with van der Waals surface area (Å²) in [5, 5.41) is 3.50. The van der Waals surface area contributed by atoms with Gasteiger partial charge < -0.3 is 10.5 Å². The molecule has 0 aliphatic carbocycles. The molecular formula is C12H24N2O3. The summed E-state index contributed by atoms with van der Waals surface area (Å²) in [5.41, 5.74) is 5.83. The van der Waals surface area contributed by atoms with Crippen molar-refractivity contribution in [2.75, 3.05) is 13.2 Å². The molecule has 0 heterocycles. The third-order valence-electron chi connectivity index (χ3n) is 2.29. The Labute approximate surface area is 103 Å². The van der Waals surface area contributed by atoms with Crippen molar-refractivity contribution in [2.24, 2.45) is 10.9 Å². The number of hydrogen-bond acceptors (Lipinski definition) is 5. The number of carbonyl (C=O) groups is 1. The first-order chi connectivity index (χ1) is 8.20. The third kappa shape index (κ3) is 11.2. The zero-order valence-corrected chi connectivity index (χ0v) is 10.9. The zero-order chi connectivity index (χ0) is 12.9. The van der Waals surface area contributed by atoms with Crippen molar-refractivity contribution in [3.05, 3.63) is 0 Å². The Bertz CT molecular complexity index is 230. The molecule has 0 atom stereocenters. The van der Waals surface area contributed by atoms with E-state index in [9.17, 15) is 4.79 Å². The van der Waals surface area contributed by atoms with Gasteiger partial charge in [-0.25, -0.2) is 4.79 Å². The van der Waals surface area contributed by atoms with Crippen molar-refractivity contribution >= 4 is 11.9 Å². The Balaban J connectivity index is 3.33. The highest BCUT2D eigenvalue weighted by molar-refractivity contribution is 5.83. The first-order valence-electron chi connectivity index (χ1n) is 6.28. The van der Waals surface area contributed by atoms with Gasteiger partial charge in [0.2, 0.25) is 0 Å². The van der Waals surface area contributed by atoms with E-state index in [-0.39, 0.29) is 6.54 Å². The summed E-state index contributed by atoms with van der Waals surface area (Å²) in [7, 11) is 0. The molecule has 0 aromatic rings. The first kappa shape index (κ1) is 15.9. The van der Waals surface area contributed by atoms with Gasteiger partial charge >= 0.3 is 6.16 Å².